The largest absolute Gasteiger partial charge is 0.493 e. The Morgan fingerprint density at radius 1 is 1.03 bits per heavy atom. The topological polar surface area (TPSA) is 78.9 Å². The molecule has 1 heterocycles. The van der Waals surface area contributed by atoms with Gasteiger partial charge in [0.05, 0.1) is 32.6 Å². The summed E-state index contributed by atoms with van der Waals surface area (Å²) in [6, 6.07) is 11.1. The van der Waals surface area contributed by atoms with E-state index < -0.39 is 5.97 Å². The van der Waals surface area contributed by atoms with Crippen molar-refractivity contribution >= 4 is 28.1 Å². The van der Waals surface area contributed by atoms with Gasteiger partial charge in [-0.3, -0.25) is 0 Å². The number of nitrogens with one attached hydrogen (secondary N) is 1. The summed E-state index contributed by atoms with van der Waals surface area (Å²) in [7, 11) is 4.48. The van der Waals surface area contributed by atoms with E-state index in [-0.39, 0.29) is 6.61 Å². The average Bonchev–Trinajstić information content (AvgIpc) is 3.19. The molecule has 8 heteroatoms. The maximum absolute atomic E-state index is 12.5. The molecular weight excluding hydrogens is 392 g/mol. The summed E-state index contributed by atoms with van der Waals surface area (Å²) >= 11 is 1.44. The molecule has 2 aromatic carbocycles. The molecule has 152 valence electrons. The number of aromatic nitrogens is 1. The second kappa shape index (κ2) is 9.29. The maximum Gasteiger partial charge on any atom is 0.338 e. The highest BCUT2D eigenvalue weighted by molar-refractivity contribution is 7.13. The molecule has 0 saturated carbocycles. The lowest BCUT2D eigenvalue weighted by molar-refractivity contribution is 0.0467. The first-order valence-electron chi connectivity index (χ1n) is 8.79. The van der Waals surface area contributed by atoms with Crippen molar-refractivity contribution in [2.45, 2.75) is 13.5 Å². The number of hydrogen-bond acceptors (Lipinski definition) is 8. The van der Waals surface area contributed by atoms with Crippen LogP contribution in [0.3, 0.4) is 0 Å². The lowest BCUT2D eigenvalue weighted by atomic mass is 10.2. The Labute approximate surface area is 173 Å². The number of nitrogens with zero attached hydrogens (tertiary/aromatic N) is 1. The van der Waals surface area contributed by atoms with Gasteiger partial charge in [-0.1, -0.05) is 17.7 Å². The van der Waals surface area contributed by atoms with Gasteiger partial charge in [-0.2, -0.15) is 0 Å². The van der Waals surface area contributed by atoms with Gasteiger partial charge in [0.25, 0.3) is 0 Å². The molecule has 7 nitrogen and oxygen atoms in total. The van der Waals surface area contributed by atoms with Crippen LogP contribution in [-0.2, 0) is 11.3 Å². The second-order valence-electron chi connectivity index (χ2n) is 6.13. The zero-order valence-electron chi connectivity index (χ0n) is 16.6. The van der Waals surface area contributed by atoms with Gasteiger partial charge in [-0.25, -0.2) is 9.78 Å². The zero-order chi connectivity index (χ0) is 20.8. The zero-order valence-corrected chi connectivity index (χ0v) is 17.5. The van der Waals surface area contributed by atoms with Crippen LogP contribution < -0.4 is 19.5 Å². The molecule has 29 heavy (non-hydrogen) atoms. The van der Waals surface area contributed by atoms with E-state index in [2.05, 4.69) is 10.3 Å². The molecule has 0 radical (unpaired) electrons. The molecule has 0 spiro atoms. The predicted molar refractivity (Wildman–Crippen MR) is 112 cm³/mol. The number of rotatable bonds is 8. The number of benzene rings is 2. The molecule has 0 atom stereocenters. The van der Waals surface area contributed by atoms with Gasteiger partial charge < -0.3 is 24.3 Å². The van der Waals surface area contributed by atoms with E-state index in [0.717, 1.165) is 10.8 Å². The normalized spacial score (nSPS) is 10.3. The van der Waals surface area contributed by atoms with Crippen LogP contribution in [0.15, 0.2) is 41.8 Å². The highest BCUT2D eigenvalue weighted by Gasteiger charge is 2.18. The molecule has 1 N–H and O–H groups in total. The minimum Gasteiger partial charge on any atom is -0.493 e. The molecule has 1 aromatic heterocycles. The fraction of sp³-hybridized carbons (Fsp3) is 0.238. The monoisotopic (exact) mass is 414 g/mol. The van der Waals surface area contributed by atoms with Crippen LogP contribution in [0.25, 0.3) is 0 Å². The number of aryl methyl sites for hydroxylation is 1. The van der Waals surface area contributed by atoms with E-state index in [9.17, 15) is 4.79 Å². The van der Waals surface area contributed by atoms with Crippen molar-refractivity contribution in [2.75, 3.05) is 26.6 Å². The van der Waals surface area contributed by atoms with E-state index in [1.54, 1.807) is 12.1 Å². The summed E-state index contributed by atoms with van der Waals surface area (Å²) in [4.78, 5) is 16.9. The molecule has 0 aliphatic rings. The average molecular weight is 414 g/mol. The van der Waals surface area contributed by atoms with Crippen molar-refractivity contribution in [1.29, 1.82) is 0 Å². The Morgan fingerprint density at radius 2 is 1.69 bits per heavy atom. The molecule has 3 aromatic rings. The number of ether oxygens (including phenoxy) is 4. The third-order valence-electron chi connectivity index (χ3n) is 4.11. The summed E-state index contributed by atoms with van der Waals surface area (Å²) in [6.45, 7) is 2.09. The van der Waals surface area contributed by atoms with Crippen LogP contribution in [-0.4, -0.2) is 32.3 Å². The number of thiazole rings is 1. The van der Waals surface area contributed by atoms with Gasteiger partial charge in [-0.15, -0.1) is 11.3 Å². The molecule has 0 bridgehead atoms. The number of hydrogen-bond donors (Lipinski definition) is 1. The van der Waals surface area contributed by atoms with E-state index in [4.69, 9.17) is 18.9 Å². The first-order chi connectivity index (χ1) is 14.0. The quantitative estimate of drug-likeness (QED) is 0.541. The number of esters is 1. The first kappa shape index (κ1) is 20.5. The van der Waals surface area contributed by atoms with Crippen molar-refractivity contribution in [3.8, 4) is 17.2 Å². The highest BCUT2D eigenvalue weighted by atomic mass is 32.1. The summed E-state index contributed by atoms with van der Waals surface area (Å²) in [5.74, 6) is 0.678. The molecule has 0 saturated heterocycles. The van der Waals surface area contributed by atoms with E-state index >= 15 is 0 Å². The molecule has 0 fully saturated rings. The van der Waals surface area contributed by atoms with E-state index in [0.29, 0.717) is 28.5 Å². The van der Waals surface area contributed by atoms with Crippen molar-refractivity contribution in [3.05, 3.63) is 58.6 Å². The molecular formula is C21H22N2O5S. The first-order valence-corrected chi connectivity index (χ1v) is 9.67. The Morgan fingerprint density at radius 3 is 2.28 bits per heavy atom. The summed E-state index contributed by atoms with van der Waals surface area (Å²) in [6.07, 6.45) is 0. The smallest absolute Gasteiger partial charge is 0.338 e. The molecule has 3 rings (SSSR count). The Kier molecular flexibility index (Phi) is 6.56. The minimum atomic E-state index is -0.509. The van der Waals surface area contributed by atoms with Gasteiger partial charge >= 0.3 is 5.97 Å². The minimum absolute atomic E-state index is 0.0571. The lowest BCUT2D eigenvalue weighted by Gasteiger charge is -2.13. The van der Waals surface area contributed by atoms with Gasteiger partial charge in [0.15, 0.2) is 16.6 Å². The Balaban J connectivity index is 1.65. The van der Waals surface area contributed by atoms with Crippen LogP contribution in [0.5, 0.6) is 17.2 Å². The van der Waals surface area contributed by atoms with Crippen LogP contribution in [0, 0.1) is 6.92 Å². The number of methoxy groups -OCH3 is 3. The van der Waals surface area contributed by atoms with E-state index in [1.807, 2.05) is 36.6 Å². The molecule has 0 amide bonds. The fourth-order valence-electron chi connectivity index (χ4n) is 2.61. The molecule has 0 aliphatic heterocycles. The second-order valence-corrected chi connectivity index (χ2v) is 6.98. The van der Waals surface area contributed by atoms with Gasteiger partial charge in [0.2, 0.25) is 5.75 Å². The van der Waals surface area contributed by atoms with Crippen molar-refractivity contribution in [3.63, 3.8) is 0 Å². The van der Waals surface area contributed by atoms with Crippen LogP contribution in [0.4, 0.5) is 10.8 Å². The van der Waals surface area contributed by atoms with Gasteiger partial charge in [0.1, 0.15) is 6.61 Å². The summed E-state index contributed by atoms with van der Waals surface area (Å²) < 4.78 is 21.2. The van der Waals surface area contributed by atoms with Crippen molar-refractivity contribution < 1.29 is 23.7 Å². The fourth-order valence-corrected chi connectivity index (χ4v) is 3.33. The maximum atomic E-state index is 12.5. The third kappa shape index (κ3) is 4.97. The van der Waals surface area contributed by atoms with E-state index in [1.165, 1.54) is 38.2 Å². The standard InChI is InChI=1S/C21H22N2O5S/c1-13-5-7-15(8-6-13)22-21-23-16(12-29-21)11-28-20(24)14-9-17(25-2)19(27-4)18(10-14)26-3/h5-10,12H,11H2,1-4H3,(H,22,23). The van der Waals surface area contributed by atoms with Crippen LogP contribution in [0.1, 0.15) is 21.6 Å². The predicted octanol–water partition coefficient (Wildman–Crippen LogP) is 4.58. The van der Waals surface area contributed by atoms with Gasteiger partial charge in [0, 0.05) is 11.1 Å². The summed E-state index contributed by atoms with van der Waals surface area (Å²) in [5, 5.41) is 5.81. The molecule has 0 aliphatic carbocycles. The Bertz CT molecular complexity index is 960. The third-order valence-corrected chi connectivity index (χ3v) is 4.91. The van der Waals surface area contributed by atoms with Crippen LogP contribution >= 0.6 is 11.3 Å². The number of anilines is 2. The summed E-state index contributed by atoms with van der Waals surface area (Å²) in [5.41, 5.74) is 3.10. The van der Waals surface area contributed by atoms with Crippen LogP contribution in [0.2, 0.25) is 0 Å². The number of carbonyl (C=O) groups excluding carboxylic acids is 1. The number of carbonyl (C=O) groups is 1. The Hall–Kier alpha value is -3.26. The molecule has 0 unspecified atom stereocenters. The van der Waals surface area contributed by atoms with Crippen molar-refractivity contribution in [2.24, 2.45) is 0 Å². The van der Waals surface area contributed by atoms with Crippen molar-refractivity contribution in [1.82, 2.24) is 4.98 Å². The highest BCUT2D eigenvalue weighted by Crippen LogP contribution is 2.38. The van der Waals surface area contributed by atoms with Gasteiger partial charge in [-0.05, 0) is 31.2 Å². The lowest BCUT2D eigenvalue weighted by Crippen LogP contribution is -2.07. The SMILES string of the molecule is COc1cc(C(=O)OCc2csc(Nc3ccc(C)cc3)n2)cc(OC)c1OC.